The average molecular weight is 249 g/mol. The van der Waals surface area contributed by atoms with Gasteiger partial charge < -0.3 is 14.8 Å². The predicted molar refractivity (Wildman–Crippen MR) is 73.2 cm³/mol. The Labute approximate surface area is 109 Å². The van der Waals surface area contributed by atoms with E-state index in [0.29, 0.717) is 24.6 Å². The first-order valence-electron chi connectivity index (χ1n) is 6.71. The number of ether oxygens (including phenoxy) is 2. The number of morpholine rings is 1. The standard InChI is InChI=1S/C15H23NO2/c1-11(2)13-4-6-15(7-5-13)18-10-14-9-17-8-12(3)16-14/h4-7,11-12,14,16H,8-10H2,1-3H3. The van der Waals surface area contributed by atoms with Gasteiger partial charge in [-0.1, -0.05) is 26.0 Å². The molecule has 2 atom stereocenters. The molecule has 1 fully saturated rings. The minimum Gasteiger partial charge on any atom is -0.492 e. The minimum absolute atomic E-state index is 0.290. The highest BCUT2D eigenvalue weighted by molar-refractivity contribution is 5.28. The smallest absolute Gasteiger partial charge is 0.119 e. The zero-order valence-electron chi connectivity index (χ0n) is 11.5. The molecule has 2 rings (SSSR count). The van der Waals surface area contributed by atoms with E-state index < -0.39 is 0 Å². The van der Waals surface area contributed by atoms with Gasteiger partial charge in [0.15, 0.2) is 0 Å². The van der Waals surface area contributed by atoms with Crippen molar-refractivity contribution in [1.82, 2.24) is 5.32 Å². The Kier molecular flexibility index (Phi) is 4.61. The molecule has 1 heterocycles. The van der Waals surface area contributed by atoms with Gasteiger partial charge in [-0.2, -0.15) is 0 Å². The fourth-order valence-corrected chi connectivity index (χ4v) is 2.13. The van der Waals surface area contributed by atoms with Crippen molar-refractivity contribution in [3.63, 3.8) is 0 Å². The number of benzene rings is 1. The van der Waals surface area contributed by atoms with Crippen molar-refractivity contribution < 1.29 is 9.47 Å². The number of nitrogens with one attached hydrogen (secondary N) is 1. The zero-order chi connectivity index (χ0) is 13.0. The second-order valence-corrected chi connectivity index (χ2v) is 5.34. The molecule has 3 nitrogen and oxygen atoms in total. The van der Waals surface area contributed by atoms with Crippen LogP contribution in [-0.2, 0) is 4.74 Å². The van der Waals surface area contributed by atoms with Gasteiger partial charge in [0.1, 0.15) is 12.4 Å². The van der Waals surface area contributed by atoms with Crippen molar-refractivity contribution in [2.75, 3.05) is 19.8 Å². The van der Waals surface area contributed by atoms with E-state index in [2.05, 4.69) is 38.2 Å². The second kappa shape index (κ2) is 6.21. The summed E-state index contributed by atoms with van der Waals surface area (Å²) >= 11 is 0. The molecule has 1 saturated heterocycles. The zero-order valence-corrected chi connectivity index (χ0v) is 11.5. The van der Waals surface area contributed by atoms with Gasteiger partial charge in [0.05, 0.1) is 19.3 Å². The molecule has 100 valence electrons. The van der Waals surface area contributed by atoms with Gasteiger partial charge in [-0.25, -0.2) is 0 Å². The SMILES string of the molecule is CC1COCC(COc2ccc(C(C)C)cc2)N1. The Morgan fingerprint density at radius 2 is 2.00 bits per heavy atom. The lowest BCUT2D eigenvalue weighted by Crippen LogP contribution is -2.50. The van der Waals surface area contributed by atoms with Crippen molar-refractivity contribution >= 4 is 0 Å². The summed E-state index contributed by atoms with van der Waals surface area (Å²) in [6.45, 7) is 8.70. The fourth-order valence-electron chi connectivity index (χ4n) is 2.13. The van der Waals surface area contributed by atoms with E-state index in [9.17, 15) is 0 Å². The van der Waals surface area contributed by atoms with Crippen LogP contribution >= 0.6 is 0 Å². The number of hydrogen-bond acceptors (Lipinski definition) is 3. The maximum atomic E-state index is 5.79. The summed E-state index contributed by atoms with van der Waals surface area (Å²) in [6, 6.07) is 9.06. The average Bonchev–Trinajstić information content (AvgIpc) is 2.37. The molecule has 1 aromatic rings. The maximum Gasteiger partial charge on any atom is 0.119 e. The van der Waals surface area contributed by atoms with Crippen LogP contribution in [0.5, 0.6) is 5.75 Å². The van der Waals surface area contributed by atoms with Crippen LogP contribution in [0, 0.1) is 0 Å². The van der Waals surface area contributed by atoms with E-state index in [4.69, 9.17) is 9.47 Å². The highest BCUT2D eigenvalue weighted by Crippen LogP contribution is 2.18. The Hall–Kier alpha value is -1.06. The summed E-state index contributed by atoms with van der Waals surface area (Å²) in [5.74, 6) is 1.49. The highest BCUT2D eigenvalue weighted by atomic mass is 16.5. The number of rotatable bonds is 4. The molecule has 1 N–H and O–H groups in total. The summed E-state index contributed by atoms with van der Waals surface area (Å²) in [6.07, 6.45) is 0. The van der Waals surface area contributed by atoms with Crippen LogP contribution < -0.4 is 10.1 Å². The van der Waals surface area contributed by atoms with Gasteiger partial charge in [-0.05, 0) is 30.5 Å². The first-order valence-corrected chi connectivity index (χ1v) is 6.71. The summed E-state index contributed by atoms with van der Waals surface area (Å²) in [5, 5.41) is 3.47. The van der Waals surface area contributed by atoms with Crippen molar-refractivity contribution in [2.45, 2.75) is 38.8 Å². The Morgan fingerprint density at radius 3 is 2.61 bits per heavy atom. The third kappa shape index (κ3) is 3.72. The molecule has 0 spiro atoms. The summed E-state index contributed by atoms with van der Waals surface area (Å²) in [4.78, 5) is 0. The summed E-state index contributed by atoms with van der Waals surface area (Å²) in [5.41, 5.74) is 1.34. The first-order chi connectivity index (χ1) is 8.65. The van der Waals surface area contributed by atoms with Gasteiger partial charge in [-0.3, -0.25) is 0 Å². The Morgan fingerprint density at radius 1 is 1.28 bits per heavy atom. The largest absolute Gasteiger partial charge is 0.492 e. The maximum absolute atomic E-state index is 5.79. The molecule has 2 unspecified atom stereocenters. The van der Waals surface area contributed by atoms with Gasteiger partial charge in [-0.15, -0.1) is 0 Å². The van der Waals surface area contributed by atoms with Crippen LogP contribution in [0.2, 0.25) is 0 Å². The third-order valence-corrected chi connectivity index (χ3v) is 3.21. The van der Waals surface area contributed by atoms with Gasteiger partial charge in [0.25, 0.3) is 0 Å². The summed E-state index contributed by atoms with van der Waals surface area (Å²) in [7, 11) is 0. The van der Waals surface area contributed by atoms with Crippen molar-refractivity contribution in [2.24, 2.45) is 0 Å². The highest BCUT2D eigenvalue weighted by Gasteiger charge is 2.18. The molecule has 0 radical (unpaired) electrons. The van der Waals surface area contributed by atoms with Crippen LogP contribution in [0.1, 0.15) is 32.3 Å². The topological polar surface area (TPSA) is 30.5 Å². The number of hydrogen-bond donors (Lipinski definition) is 1. The summed E-state index contributed by atoms with van der Waals surface area (Å²) < 4.78 is 11.3. The minimum atomic E-state index is 0.290. The lowest BCUT2D eigenvalue weighted by Gasteiger charge is -2.28. The van der Waals surface area contributed by atoms with E-state index in [1.54, 1.807) is 0 Å². The van der Waals surface area contributed by atoms with Gasteiger partial charge in [0.2, 0.25) is 0 Å². The second-order valence-electron chi connectivity index (χ2n) is 5.34. The van der Waals surface area contributed by atoms with Gasteiger partial charge in [0, 0.05) is 6.04 Å². The van der Waals surface area contributed by atoms with Crippen LogP contribution in [0.15, 0.2) is 24.3 Å². The lowest BCUT2D eigenvalue weighted by molar-refractivity contribution is 0.0353. The molecule has 0 aliphatic carbocycles. The van der Waals surface area contributed by atoms with E-state index in [1.165, 1.54) is 5.56 Å². The normalized spacial score (nSPS) is 24.2. The molecular weight excluding hydrogens is 226 g/mol. The van der Waals surface area contributed by atoms with Crippen LogP contribution in [0.3, 0.4) is 0 Å². The molecule has 1 aliphatic rings. The predicted octanol–water partition coefficient (Wildman–Crippen LogP) is 2.57. The Bertz CT molecular complexity index is 361. The molecular formula is C15H23NO2. The van der Waals surface area contributed by atoms with E-state index >= 15 is 0 Å². The first kappa shape index (κ1) is 13.4. The monoisotopic (exact) mass is 249 g/mol. The van der Waals surface area contributed by atoms with E-state index in [0.717, 1.165) is 19.0 Å². The van der Waals surface area contributed by atoms with Crippen LogP contribution in [-0.4, -0.2) is 31.9 Å². The molecule has 1 aromatic carbocycles. The molecule has 1 aliphatic heterocycles. The molecule has 0 amide bonds. The molecule has 0 aromatic heterocycles. The lowest BCUT2D eigenvalue weighted by atomic mass is 10.0. The molecule has 18 heavy (non-hydrogen) atoms. The molecule has 0 bridgehead atoms. The van der Waals surface area contributed by atoms with Crippen molar-refractivity contribution in [3.8, 4) is 5.75 Å². The van der Waals surface area contributed by atoms with E-state index in [1.807, 2.05) is 12.1 Å². The van der Waals surface area contributed by atoms with Gasteiger partial charge >= 0.3 is 0 Å². The van der Waals surface area contributed by atoms with Crippen molar-refractivity contribution in [1.29, 1.82) is 0 Å². The quantitative estimate of drug-likeness (QED) is 0.889. The third-order valence-electron chi connectivity index (χ3n) is 3.21. The van der Waals surface area contributed by atoms with E-state index in [-0.39, 0.29) is 0 Å². The molecule has 3 heteroatoms. The van der Waals surface area contributed by atoms with Crippen LogP contribution in [0.4, 0.5) is 0 Å². The molecule has 0 saturated carbocycles. The fraction of sp³-hybridized carbons (Fsp3) is 0.600. The Balaban J connectivity index is 1.82. The van der Waals surface area contributed by atoms with Crippen LogP contribution in [0.25, 0.3) is 0 Å². The van der Waals surface area contributed by atoms with Crippen molar-refractivity contribution in [3.05, 3.63) is 29.8 Å².